The van der Waals surface area contributed by atoms with Gasteiger partial charge in [-0.3, -0.25) is 4.68 Å². The maximum atomic E-state index is 8.45. The third-order valence-electron chi connectivity index (χ3n) is 4.77. The second-order valence-electron chi connectivity index (χ2n) is 10.0. The number of nitrogens with zero attached hydrogens (tertiary/aromatic N) is 3. The topological polar surface area (TPSA) is 41.6 Å². The molecule has 34 heavy (non-hydrogen) atoms. The summed E-state index contributed by atoms with van der Waals surface area (Å²) in [6.45, 7) is 23.8. The summed E-state index contributed by atoms with van der Waals surface area (Å²) in [7, 11) is 1.93. The molecule has 1 aromatic heterocycles. The first kappa shape index (κ1) is 36.5. The van der Waals surface area contributed by atoms with E-state index in [9.17, 15) is 0 Å². The Labute approximate surface area is 214 Å². The Kier molecular flexibility index (Phi) is 27.4. The maximum Gasteiger partial charge on any atom is 0.0991 e. The molecule has 3 heteroatoms. The first-order valence-corrected chi connectivity index (χ1v) is 13.4. The Morgan fingerprint density at radius 2 is 1.38 bits per heavy atom. The standard InChI is InChI=1S/C9H9N.C5H8N2.C5H10.C5H12.C4H10.C3H8/c1-2-8-3-5-9(7-10)6-4-8;1-5-3-4-6-7(5)2;1-5-3-2-4-5;1-4-5(2)3;1-4(2)3;1-3-2/h3-6H,2H2,1H3;3-4H,1-2H3;5H,2-4H2,1H3;5H,4H2,1-3H3;4H,1-3H3;3H2,1-2H3. The third kappa shape index (κ3) is 28.0. The summed E-state index contributed by atoms with van der Waals surface area (Å²) in [5.41, 5.74) is 3.20. The molecule has 2 aromatic rings. The van der Waals surface area contributed by atoms with Crippen LogP contribution in [0.15, 0.2) is 36.5 Å². The van der Waals surface area contributed by atoms with Crippen molar-refractivity contribution >= 4 is 0 Å². The highest BCUT2D eigenvalue weighted by atomic mass is 15.2. The van der Waals surface area contributed by atoms with Crippen LogP contribution in [-0.4, -0.2) is 9.78 Å². The largest absolute Gasteiger partial charge is 0.273 e. The fourth-order valence-corrected chi connectivity index (χ4v) is 1.87. The molecule has 1 heterocycles. The van der Waals surface area contributed by atoms with Gasteiger partial charge in [-0.25, -0.2) is 0 Å². The monoisotopic (exact) mass is 471 g/mol. The molecule has 1 saturated carbocycles. The van der Waals surface area contributed by atoms with Crippen molar-refractivity contribution in [1.82, 2.24) is 9.78 Å². The van der Waals surface area contributed by atoms with Crippen molar-refractivity contribution in [3.63, 3.8) is 0 Å². The van der Waals surface area contributed by atoms with Crippen molar-refractivity contribution in [2.45, 2.75) is 115 Å². The summed E-state index contributed by atoms with van der Waals surface area (Å²) in [4.78, 5) is 0. The van der Waals surface area contributed by atoms with Gasteiger partial charge >= 0.3 is 0 Å². The molecule has 0 saturated heterocycles. The summed E-state index contributed by atoms with van der Waals surface area (Å²) in [5.74, 6) is 2.78. The Morgan fingerprint density at radius 3 is 1.53 bits per heavy atom. The minimum absolute atomic E-state index is 0.734. The molecule has 3 rings (SSSR count). The molecule has 0 radical (unpaired) electrons. The number of hydrogen-bond acceptors (Lipinski definition) is 2. The molecular formula is C31H57N3. The van der Waals surface area contributed by atoms with Gasteiger partial charge in [0.2, 0.25) is 0 Å². The Morgan fingerprint density at radius 1 is 0.971 bits per heavy atom. The van der Waals surface area contributed by atoms with Crippen molar-refractivity contribution < 1.29 is 0 Å². The number of hydrogen-bond donors (Lipinski definition) is 0. The van der Waals surface area contributed by atoms with Gasteiger partial charge in [-0.1, -0.05) is 113 Å². The summed E-state index contributed by atoms with van der Waals surface area (Å²) in [6, 6.07) is 11.7. The number of benzene rings is 1. The highest BCUT2D eigenvalue weighted by Crippen LogP contribution is 2.24. The SMILES string of the molecule is CC(C)C.CC1CCC1.CCC.CCC(C)C.CCc1ccc(C#N)cc1.Cc1ccnn1C. The highest BCUT2D eigenvalue weighted by molar-refractivity contribution is 5.31. The molecule has 0 N–H and O–H groups in total. The quantitative estimate of drug-likeness (QED) is 0.437. The van der Waals surface area contributed by atoms with Crippen LogP contribution in [0.1, 0.15) is 118 Å². The number of aryl methyl sites for hydroxylation is 3. The van der Waals surface area contributed by atoms with Gasteiger partial charge in [0.25, 0.3) is 0 Å². The molecule has 1 aromatic carbocycles. The lowest BCUT2D eigenvalue weighted by Crippen LogP contribution is -2.04. The van der Waals surface area contributed by atoms with Gasteiger partial charge in [-0.2, -0.15) is 10.4 Å². The predicted octanol–water partition coefficient (Wildman–Crippen LogP) is 9.79. The van der Waals surface area contributed by atoms with Gasteiger partial charge in [0.1, 0.15) is 0 Å². The number of rotatable bonds is 2. The summed E-state index contributed by atoms with van der Waals surface area (Å²) >= 11 is 0. The lowest BCUT2D eigenvalue weighted by Gasteiger charge is -2.18. The zero-order valence-electron chi connectivity index (χ0n) is 24.8. The minimum Gasteiger partial charge on any atom is -0.273 e. The van der Waals surface area contributed by atoms with E-state index < -0.39 is 0 Å². The van der Waals surface area contributed by atoms with Crippen molar-refractivity contribution in [1.29, 1.82) is 5.26 Å². The average Bonchev–Trinajstić information content (AvgIpc) is 3.16. The molecule has 0 spiro atoms. The second-order valence-corrected chi connectivity index (χ2v) is 10.0. The van der Waals surface area contributed by atoms with Crippen molar-refractivity contribution in [2.24, 2.45) is 24.8 Å². The first-order valence-electron chi connectivity index (χ1n) is 13.4. The normalized spacial score (nSPS) is 11.3. The van der Waals surface area contributed by atoms with Crippen molar-refractivity contribution in [3.8, 4) is 6.07 Å². The molecule has 1 aliphatic carbocycles. The number of aromatic nitrogens is 2. The second kappa shape index (κ2) is 25.5. The Hall–Kier alpha value is -2.08. The van der Waals surface area contributed by atoms with Crippen LogP contribution in [0.5, 0.6) is 0 Å². The van der Waals surface area contributed by atoms with Crippen LogP contribution in [0.4, 0.5) is 0 Å². The van der Waals surface area contributed by atoms with Crippen LogP contribution in [0, 0.1) is 36.0 Å². The number of nitriles is 1. The lowest BCUT2D eigenvalue weighted by molar-refractivity contribution is 0.346. The van der Waals surface area contributed by atoms with Gasteiger partial charge in [-0.15, -0.1) is 0 Å². The average molecular weight is 472 g/mol. The third-order valence-corrected chi connectivity index (χ3v) is 4.77. The van der Waals surface area contributed by atoms with Crippen LogP contribution in [0.25, 0.3) is 0 Å². The van der Waals surface area contributed by atoms with Gasteiger partial charge in [-0.05, 0) is 54.9 Å². The van der Waals surface area contributed by atoms with E-state index in [0.717, 1.165) is 29.7 Å². The molecule has 0 bridgehead atoms. The minimum atomic E-state index is 0.734. The summed E-state index contributed by atoms with van der Waals surface area (Å²) in [5, 5.41) is 12.4. The molecule has 0 atom stereocenters. The maximum absolute atomic E-state index is 8.45. The van der Waals surface area contributed by atoms with Gasteiger partial charge in [0.05, 0.1) is 11.6 Å². The molecule has 0 unspecified atom stereocenters. The van der Waals surface area contributed by atoms with Gasteiger partial charge in [0, 0.05) is 18.9 Å². The Balaban J connectivity index is -0.000000357. The molecule has 3 nitrogen and oxygen atoms in total. The Bertz CT molecular complexity index is 663. The van der Waals surface area contributed by atoms with Crippen molar-refractivity contribution in [3.05, 3.63) is 53.3 Å². The smallest absolute Gasteiger partial charge is 0.0991 e. The van der Waals surface area contributed by atoms with E-state index in [2.05, 4.69) is 80.4 Å². The molecule has 0 amide bonds. The van der Waals surface area contributed by atoms with E-state index in [0.29, 0.717) is 0 Å². The molecule has 1 aliphatic rings. The van der Waals surface area contributed by atoms with E-state index in [1.165, 1.54) is 43.4 Å². The van der Waals surface area contributed by atoms with Gasteiger partial charge < -0.3 is 0 Å². The van der Waals surface area contributed by atoms with Crippen LogP contribution in [-0.2, 0) is 13.5 Å². The van der Waals surface area contributed by atoms with E-state index in [4.69, 9.17) is 5.26 Å². The molecular weight excluding hydrogens is 414 g/mol. The van der Waals surface area contributed by atoms with E-state index in [1.807, 2.05) is 49.0 Å². The summed E-state index contributed by atoms with van der Waals surface area (Å²) in [6.07, 6.45) is 9.84. The van der Waals surface area contributed by atoms with Gasteiger partial charge in [0.15, 0.2) is 0 Å². The molecule has 196 valence electrons. The zero-order valence-corrected chi connectivity index (χ0v) is 24.8. The zero-order chi connectivity index (χ0) is 26.9. The fraction of sp³-hybridized carbons (Fsp3) is 0.677. The van der Waals surface area contributed by atoms with Crippen LogP contribution in [0.2, 0.25) is 0 Å². The van der Waals surface area contributed by atoms with E-state index in [1.54, 1.807) is 6.20 Å². The fourth-order valence-electron chi connectivity index (χ4n) is 1.87. The predicted molar refractivity (Wildman–Crippen MR) is 153 cm³/mol. The van der Waals surface area contributed by atoms with Crippen LogP contribution in [0.3, 0.4) is 0 Å². The highest BCUT2D eigenvalue weighted by Gasteiger charge is 2.09. The van der Waals surface area contributed by atoms with Crippen molar-refractivity contribution in [2.75, 3.05) is 0 Å². The first-order chi connectivity index (χ1) is 16.0. The van der Waals surface area contributed by atoms with E-state index in [-0.39, 0.29) is 0 Å². The van der Waals surface area contributed by atoms with Crippen LogP contribution < -0.4 is 0 Å². The summed E-state index contributed by atoms with van der Waals surface area (Å²) < 4.78 is 1.83. The lowest BCUT2D eigenvalue weighted by atomic mass is 9.88. The molecule has 1 fully saturated rings. The van der Waals surface area contributed by atoms with E-state index >= 15 is 0 Å². The van der Waals surface area contributed by atoms with Crippen LogP contribution >= 0.6 is 0 Å². The molecule has 0 aliphatic heterocycles.